The smallest absolute Gasteiger partial charge is 0.309 e. The molecule has 0 saturated carbocycles. The molecule has 0 unspecified atom stereocenters. The quantitative estimate of drug-likeness (QED) is 0.568. The van der Waals surface area contributed by atoms with Gasteiger partial charge >= 0.3 is 5.97 Å². The molecule has 0 amide bonds. The van der Waals surface area contributed by atoms with E-state index in [4.69, 9.17) is 9.72 Å². The Bertz CT molecular complexity index is 923. The van der Waals surface area contributed by atoms with Gasteiger partial charge in [0.05, 0.1) is 18.2 Å². The number of benzene rings is 1. The molecule has 30 heavy (non-hydrogen) atoms. The van der Waals surface area contributed by atoms with E-state index in [2.05, 4.69) is 56.2 Å². The minimum atomic E-state index is -0.0448. The minimum Gasteiger partial charge on any atom is -0.466 e. The largest absolute Gasteiger partial charge is 0.466 e. The number of ether oxygens (including phenoxy) is 1. The van der Waals surface area contributed by atoms with E-state index >= 15 is 0 Å². The van der Waals surface area contributed by atoms with Crippen LogP contribution in [0.15, 0.2) is 23.6 Å². The zero-order chi connectivity index (χ0) is 21.5. The van der Waals surface area contributed by atoms with Crippen molar-refractivity contribution in [3.05, 3.63) is 34.7 Å². The van der Waals surface area contributed by atoms with Crippen LogP contribution < -0.4 is 4.90 Å². The molecule has 2 aromatic rings. The van der Waals surface area contributed by atoms with Gasteiger partial charge in [0, 0.05) is 24.0 Å². The molecule has 0 bridgehead atoms. The number of aromatic nitrogens is 1. The first-order valence-electron chi connectivity index (χ1n) is 11.2. The Kier molecular flexibility index (Phi) is 5.69. The normalized spacial score (nSPS) is 20.6. The number of thiazole rings is 1. The van der Waals surface area contributed by atoms with Crippen LogP contribution in [0.1, 0.15) is 71.4 Å². The second-order valence-corrected chi connectivity index (χ2v) is 10.9. The molecule has 1 saturated heterocycles. The first kappa shape index (κ1) is 21.4. The molecule has 1 aliphatic carbocycles. The predicted octanol–water partition coefficient (Wildman–Crippen LogP) is 5.94. The first-order chi connectivity index (χ1) is 14.2. The molecule has 1 aromatic heterocycles. The predicted molar refractivity (Wildman–Crippen MR) is 124 cm³/mol. The minimum absolute atomic E-state index is 0.0341. The van der Waals surface area contributed by atoms with Crippen LogP contribution in [0.2, 0.25) is 0 Å². The van der Waals surface area contributed by atoms with Crippen LogP contribution in [-0.4, -0.2) is 30.6 Å². The summed E-state index contributed by atoms with van der Waals surface area (Å²) in [7, 11) is 0. The van der Waals surface area contributed by atoms with Gasteiger partial charge in [0.15, 0.2) is 5.13 Å². The van der Waals surface area contributed by atoms with E-state index in [0.717, 1.165) is 36.8 Å². The van der Waals surface area contributed by atoms with Crippen LogP contribution in [0.3, 0.4) is 0 Å². The van der Waals surface area contributed by atoms with Crippen LogP contribution in [-0.2, 0) is 20.4 Å². The van der Waals surface area contributed by atoms with E-state index in [1.165, 1.54) is 29.5 Å². The Balaban J connectivity index is 1.52. The summed E-state index contributed by atoms with van der Waals surface area (Å²) in [6.07, 6.45) is 4.13. The summed E-state index contributed by atoms with van der Waals surface area (Å²) >= 11 is 1.71. The number of hydrogen-bond donors (Lipinski definition) is 0. The van der Waals surface area contributed by atoms with Crippen molar-refractivity contribution < 1.29 is 9.53 Å². The van der Waals surface area contributed by atoms with E-state index in [1.807, 2.05) is 6.92 Å². The highest BCUT2D eigenvalue weighted by atomic mass is 32.1. The number of carbonyl (C=O) groups excluding carboxylic acids is 1. The summed E-state index contributed by atoms with van der Waals surface area (Å²) in [6, 6.07) is 6.95. The summed E-state index contributed by atoms with van der Waals surface area (Å²) < 4.78 is 5.19. The number of anilines is 1. The fraction of sp³-hybridized carbons (Fsp3) is 0.600. The monoisotopic (exact) mass is 426 g/mol. The van der Waals surface area contributed by atoms with E-state index in [-0.39, 0.29) is 22.7 Å². The summed E-state index contributed by atoms with van der Waals surface area (Å²) in [5.41, 5.74) is 5.67. The maximum absolute atomic E-state index is 12.0. The van der Waals surface area contributed by atoms with E-state index < -0.39 is 0 Å². The van der Waals surface area contributed by atoms with Crippen LogP contribution in [0.5, 0.6) is 0 Å². The van der Waals surface area contributed by atoms with Crippen LogP contribution in [0.4, 0.5) is 5.13 Å². The molecule has 2 aliphatic rings. The van der Waals surface area contributed by atoms with Crippen molar-refractivity contribution in [3.63, 3.8) is 0 Å². The molecule has 1 fully saturated rings. The molecule has 4 nitrogen and oxygen atoms in total. The van der Waals surface area contributed by atoms with Gasteiger partial charge in [-0.15, -0.1) is 11.3 Å². The second kappa shape index (κ2) is 7.99. The van der Waals surface area contributed by atoms with Gasteiger partial charge in [0.25, 0.3) is 0 Å². The topological polar surface area (TPSA) is 42.4 Å². The molecular formula is C25H34N2O2S. The van der Waals surface area contributed by atoms with Crippen LogP contribution in [0.25, 0.3) is 11.3 Å². The molecule has 4 rings (SSSR count). The molecule has 5 heteroatoms. The van der Waals surface area contributed by atoms with Gasteiger partial charge in [-0.2, -0.15) is 0 Å². The highest BCUT2D eigenvalue weighted by Crippen LogP contribution is 2.47. The standard InChI is InChI=1S/C25H34N2O2S/c1-6-29-22(28)17-9-13-27(14-10-17)23-26-21(16-30-23)18-7-8-19-20(15-18)25(4,5)12-11-24(19,2)3/h7-8,15-17H,6,9-14H2,1-5H3. The molecule has 0 N–H and O–H groups in total. The molecule has 1 aliphatic heterocycles. The Labute approximate surface area is 184 Å². The number of fused-ring (bicyclic) bond motifs is 1. The van der Waals surface area contributed by atoms with Crippen molar-refractivity contribution in [2.75, 3.05) is 24.6 Å². The summed E-state index contributed by atoms with van der Waals surface area (Å²) in [5.74, 6) is -0.0107. The summed E-state index contributed by atoms with van der Waals surface area (Å²) in [6.45, 7) is 13.5. The average Bonchev–Trinajstić information content (AvgIpc) is 3.22. The SMILES string of the molecule is CCOC(=O)C1CCN(c2nc(-c3ccc4c(c3)C(C)(C)CCC4(C)C)cs2)CC1. The van der Waals surface area contributed by atoms with Crippen molar-refractivity contribution >= 4 is 22.4 Å². The molecule has 0 radical (unpaired) electrons. The number of hydrogen-bond acceptors (Lipinski definition) is 5. The van der Waals surface area contributed by atoms with Gasteiger partial charge in [0.1, 0.15) is 0 Å². The molecule has 2 heterocycles. The van der Waals surface area contributed by atoms with E-state index in [9.17, 15) is 4.79 Å². The van der Waals surface area contributed by atoms with Crippen LogP contribution >= 0.6 is 11.3 Å². The first-order valence-corrected chi connectivity index (χ1v) is 12.1. The van der Waals surface area contributed by atoms with Crippen molar-refractivity contribution in [3.8, 4) is 11.3 Å². The van der Waals surface area contributed by atoms with Crippen molar-refractivity contribution in [1.82, 2.24) is 4.98 Å². The maximum Gasteiger partial charge on any atom is 0.309 e. The lowest BCUT2D eigenvalue weighted by Crippen LogP contribution is -2.36. The third-order valence-electron chi connectivity index (χ3n) is 7.03. The fourth-order valence-corrected chi connectivity index (χ4v) is 5.75. The lowest BCUT2D eigenvalue weighted by molar-refractivity contribution is -0.148. The zero-order valence-corrected chi connectivity index (χ0v) is 19.8. The summed E-state index contributed by atoms with van der Waals surface area (Å²) in [5, 5.41) is 3.24. The Morgan fingerprint density at radius 1 is 1.13 bits per heavy atom. The number of esters is 1. The molecule has 162 valence electrons. The number of nitrogens with zero attached hydrogens (tertiary/aromatic N) is 2. The highest BCUT2D eigenvalue weighted by Gasteiger charge is 2.37. The molecule has 0 atom stereocenters. The average molecular weight is 427 g/mol. The lowest BCUT2D eigenvalue weighted by Gasteiger charge is -2.42. The Hall–Kier alpha value is -1.88. The van der Waals surface area contributed by atoms with Crippen molar-refractivity contribution in [1.29, 1.82) is 0 Å². The molecular weight excluding hydrogens is 392 g/mol. The van der Waals surface area contributed by atoms with Crippen LogP contribution in [0, 0.1) is 5.92 Å². The van der Waals surface area contributed by atoms with E-state index in [0.29, 0.717) is 6.61 Å². The Morgan fingerprint density at radius 3 is 2.47 bits per heavy atom. The fourth-order valence-electron chi connectivity index (χ4n) is 4.86. The van der Waals surface area contributed by atoms with Gasteiger partial charge in [-0.3, -0.25) is 4.79 Å². The zero-order valence-electron chi connectivity index (χ0n) is 19.0. The number of carbonyl (C=O) groups is 1. The van der Waals surface area contributed by atoms with Gasteiger partial charge in [-0.25, -0.2) is 4.98 Å². The van der Waals surface area contributed by atoms with Gasteiger partial charge in [0.2, 0.25) is 0 Å². The molecule has 1 aromatic carbocycles. The van der Waals surface area contributed by atoms with Gasteiger partial charge < -0.3 is 9.64 Å². The lowest BCUT2D eigenvalue weighted by atomic mass is 9.63. The second-order valence-electron chi connectivity index (χ2n) is 10.1. The summed E-state index contributed by atoms with van der Waals surface area (Å²) in [4.78, 5) is 19.3. The third-order valence-corrected chi connectivity index (χ3v) is 7.93. The number of piperidine rings is 1. The van der Waals surface area contributed by atoms with E-state index in [1.54, 1.807) is 11.3 Å². The number of rotatable bonds is 4. The third kappa shape index (κ3) is 4.01. The van der Waals surface area contributed by atoms with Gasteiger partial charge in [-0.05, 0) is 60.6 Å². The molecule has 0 spiro atoms. The van der Waals surface area contributed by atoms with Crippen molar-refractivity contribution in [2.45, 2.75) is 71.1 Å². The van der Waals surface area contributed by atoms with Crippen molar-refractivity contribution in [2.24, 2.45) is 5.92 Å². The maximum atomic E-state index is 12.0. The Morgan fingerprint density at radius 2 is 1.80 bits per heavy atom. The van der Waals surface area contributed by atoms with Gasteiger partial charge in [-0.1, -0.05) is 39.8 Å². The highest BCUT2D eigenvalue weighted by molar-refractivity contribution is 7.14.